The van der Waals surface area contributed by atoms with Crippen LogP contribution in [0.3, 0.4) is 0 Å². The number of hydrogen-bond acceptors (Lipinski definition) is 3. The molecule has 1 heterocycles. The smallest absolute Gasteiger partial charge is 0.439 e. The lowest BCUT2D eigenvalue weighted by atomic mass is 10.0. The number of hydrogen-bond donors (Lipinski definition) is 1. The minimum absolute atomic E-state index is 0.0710. The molecule has 0 atom stereocenters. The van der Waals surface area contributed by atoms with Gasteiger partial charge in [0.15, 0.2) is 0 Å². The second-order valence-electron chi connectivity index (χ2n) is 5.02. The van der Waals surface area contributed by atoms with Crippen LogP contribution in [0.5, 0.6) is 11.6 Å². The van der Waals surface area contributed by atoms with Crippen LogP contribution in [-0.4, -0.2) is 23.0 Å². The van der Waals surface area contributed by atoms with Crippen LogP contribution in [0.15, 0.2) is 42.6 Å². The van der Waals surface area contributed by atoms with E-state index in [9.17, 15) is 35.5 Å². The van der Waals surface area contributed by atoms with E-state index >= 15 is 0 Å². The molecular weight excluding hydrogens is 373 g/mol. The van der Waals surface area contributed by atoms with Gasteiger partial charge in [-0.15, -0.1) is 0 Å². The summed E-state index contributed by atoms with van der Waals surface area (Å²) in [5, 5.41) is 0. The third-order valence-electron chi connectivity index (χ3n) is 3.21. The average Bonchev–Trinajstić information content (AvgIpc) is 2.54. The minimum atomic E-state index is -6.42. The van der Waals surface area contributed by atoms with E-state index in [0.717, 1.165) is 18.3 Å². The molecule has 140 valence electrons. The number of nitrogens with zero attached hydrogens (tertiary/aromatic N) is 1. The minimum Gasteiger partial charge on any atom is -0.439 e. The molecule has 0 aliphatic rings. The second kappa shape index (κ2) is 6.46. The molecule has 0 aliphatic heterocycles. The highest BCUT2D eigenvalue weighted by molar-refractivity contribution is 5.92. The van der Waals surface area contributed by atoms with Crippen molar-refractivity contribution in [2.45, 2.75) is 18.0 Å². The number of alkyl halides is 7. The third kappa shape index (κ3) is 3.55. The molecule has 0 radical (unpaired) electrons. The Bertz CT molecular complexity index is 787. The van der Waals surface area contributed by atoms with Crippen molar-refractivity contribution in [2.24, 2.45) is 5.73 Å². The number of halogens is 7. The maximum absolute atomic E-state index is 13.5. The molecule has 0 fully saturated rings. The topological polar surface area (TPSA) is 65.2 Å². The predicted molar refractivity (Wildman–Crippen MR) is 74.2 cm³/mol. The number of carbonyl (C=O) groups is 1. The van der Waals surface area contributed by atoms with Gasteiger partial charge in [0.25, 0.3) is 0 Å². The SMILES string of the molecule is NC(=O)c1ccc(Oc2ccc(C(F)(F)C(F)(F)C(F)(F)F)cc2)nc1. The highest BCUT2D eigenvalue weighted by atomic mass is 19.4. The molecule has 0 bridgehead atoms. The zero-order valence-corrected chi connectivity index (χ0v) is 12.5. The van der Waals surface area contributed by atoms with Crippen LogP contribution in [-0.2, 0) is 5.92 Å². The number of ether oxygens (including phenoxy) is 1. The summed E-state index contributed by atoms with van der Waals surface area (Å²) < 4.78 is 94.7. The molecule has 1 aromatic heterocycles. The summed E-state index contributed by atoms with van der Waals surface area (Å²) >= 11 is 0. The Balaban J connectivity index is 2.21. The Hall–Kier alpha value is -2.85. The fraction of sp³-hybridized carbons (Fsp3) is 0.200. The van der Waals surface area contributed by atoms with E-state index in [2.05, 4.69) is 4.98 Å². The highest BCUT2D eigenvalue weighted by Crippen LogP contribution is 2.51. The molecule has 2 aromatic rings. The molecule has 0 unspecified atom stereocenters. The summed E-state index contributed by atoms with van der Waals surface area (Å²) in [6.07, 6.45) is -5.35. The molecule has 0 saturated heterocycles. The summed E-state index contributed by atoms with van der Waals surface area (Å²) in [4.78, 5) is 14.6. The maximum atomic E-state index is 13.5. The fourth-order valence-electron chi connectivity index (χ4n) is 1.80. The number of primary amides is 1. The molecule has 11 heteroatoms. The van der Waals surface area contributed by atoms with E-state index in [1.54, 1.807) is 0 Å². The number of nitrogens with two attached hydrogens (primary N) is 1. The van der Waals surface area contributed by atoms with Gasteiger partial charge in [-0.2, -0.15) is 30.7 Å². The van der Waals surface area contributed by atoms with E-state index in [1.165, 1.54) is 12.1 Å². The van der Waals surface area contributed by atoms with E-state index in [0.29, 0.717) is 12.1 Å². The molecule has 2 N–H and O–H groups in total. The van der Waals surface area contributed by atoms with Crippen LogP contribution in [0.4, 0.5) is 30.7 Å². The van der Waals surface area contributed by atoms with E-state index in [-0.39, 0.29) is 17.2 Å². The largest absolute Gasteiger partial charge is 0.460 e. The van der Waals surface area contributed by atoms with Gasteiger partial charge in [0.1, 0.15) is 5.75 Å². The van der Waals surface area contributed by atoms with Gasteiger partial charge < -0.3 is 10.5 Å². The van der Waals surface area contributed by atoms with Gasteiger partial charge in [0, 0.05) is 17.8 Å². The third-order valence-corrected chi connectivity index (χ3v) is 3.21. The summed E-state index contributed by atoms with van der Waals surface area (Å²) in [7, 11) is 0. The number of pyridine rings is 1. The molecule has 0 aliphatic carbocycles. The first-order chi connectivity index (χ1) is 11.9. The van der Waals surface area contributed by atoms with Crippen molar-refractivity contribution in [3.8, 4) is 11.6 Å². The van der Waals surface area contributed by atoms with Crippen molar-refractivity contribution in [3.63, 3.8) is 0 Å². The predicted octanol–water partition coefficient (Wildman–Crippen LogP) is 4.26. The van der Waals surface area contributed by atoms with E-state index < -0.39 is 29.5 Å². The van der Waals surface area contributed by atoms with Gasteiger partial charge in [-0.1, -0.05) is 0 Å². The van der Waals surface area contributed by atoms with Crippen molar-refractivity contribution < 1.29 is 40.3 Å². The Morgan fingerprint density at radius 1 is 0.923 bits per heavy atom. The van der Waals surface area contributed by atoms with Crippen molar-refractivity contribution in [1.82, 2.24) is 4.98 Å². The standard InChI is InChI=1S/C15H9F7N2O2/c16-13(17,14(18,19)15(20,21)22)9-2-4-10(5-3-9)26-11-6-1-8(7-24-11)12(23)25/h1-7H,(H2,23,25). The summed E-state index contributed by atoms with van der Waals surface area (Å²) in [5.41, 5.74) is 3.54. The number of aromatic nitrogens is 1. The molecule has 1 amide bonds. The Labute approximate surface area is 141 Å². The molecule has 0 saturated carbocycles. The van der Waals surface area contributed by atoms with Gasteiger partial charge in [-0.05, 0) is 30.3 Å². The molecule has 4 nitrogen and oxygen atoms in total. The first-order valence-corrected chi connectivity index (χ1v) is 6.73. The van der Waals surface area contributed by atoms with Crippen LogP contribution in [0, 0.1) is 0 Å². The van der Waals surface area contributed by atoms with Crippen LogP contribution >= 0.6 is 0 Å². The number of amides is 1. The van der Waals surface area contributed by atoms with Crippen LogP contribution < -0.4 is 10.5 Å². The Kier molecular flexibility index (Phi) is 4.84. The Morgan fingerprint density at radius 3 is 1.92 bits per heavy atom. The average molecular weight is 382 g/mol. The van der Waals surface area contributed by atoms with Crippen molar-refractivity contribution in [3.05, 3.63) is 53.7 Å². The van der Waals surface area contributed by atoms with Crippen molar-refractivity contribution in [2.75, 3.05) is 0 Å². The van der Waals surface area contributed by atoms with Crippen molar-refractivity contribution >= 4 is 5.91 Å². The second-order valence-corrected chi connectivity index (χ2v) is 5.02. The Morgan fingerprint density at radius 2 is 1.50 bits per heavy atom. The van der Waals surface area contributed by atoms with Crippen LogP contribution in [0.2, 0.25) is 0 Å². The first-order valence-electron chi connectivity index (χ1n) is 6.73. The van der Waals surface area contributed by atoms with E-state index in [4.69, 9.17) is 10.5 Å². The summed E-state index contributed by atoms with van der Waals surface area (Å²) in [5.74, 6) is -12.7. The van der Waals surface area contributed by atoms with Gasteiger partial charge in [0.2, 0.25) is 11.8 Å². The van der Waals surface area contributed by atoms with Crippen LogP contribution in [0.1, 0.15) is 15.9 Å². The number of rotatable bonds is 5. The monoisotopic (exact) mass is 382 g/mol. The summed E-state index contributed by atoms with van der Waals surface area (Å²) in [6, 6.07) is 4.80. The van der Waals surface area contributed by atoms with E-state index in [1.807, 2.05) is 0 Å². The normalized spacial score (nSPS) is 12.7. The van der Waals surface area contributed by atoms with Gasteiger partial charge in [-0.25, -0.2) is 4.98 Å². The van der Waals surface area contributed by atoms with Gasteiger partial charge in [-0.3, -0.25) is 4.79 Å². The van der Waals surface area contributed by atoms with Crippen LogP contribution in [0.25, 0.3) is 0 Å². The fourth-order valence-corrected chi connectivity index (χ4v) is 1.80. The lowest BCUT2D eigenvalue weighted by molar-refractivity contribution is -0.359. The lowest BCUT2D eigenvalue weighted by Gasteiger charge is -2.28. The molecular formula is C15H9F7N2O2. The van der Waals surface area contributed by atoms with Crippen molar-refractivity contribution in [1.29, 1.82) is 0 Å². The quantitative estimate of drug-likeness (QED) is 0.786. The molecule has 1 aromatic carbocycles. The molecule has 26 heavy (non-hydrogen) atoms. The maximum Gasteiger partial charge on any atom is 0.460 e. The zero-order chi connectivity index (χ0) is 19.8. The molecule has 0 spiro atoms. The highest BCUT2D eigenvalue weighted by Gasteiger charge is 2.73. The number of carbonyl (C=O) groups excluding carboxylic acids is 1. The number of benzene rings is 1. The lowest BCUT2D eigenvalue weighted by Crippen LogP contribution is -2.49. The summed E-state index contributed by atoms with van der Waals surface area (Å²) in [6.45, 7) is 0. The first kappa shape index (κ1) is 19.5. The van der Waals surface area contributed by atoms with Gasteiger partial charge >= 0.3 is 18.0 Å². The molecule has 2 rings (SSSR count). The van der Waals surface area contributed by atoms with Gasteiger partial charge in [0.05, 0.1) is 5.56 Å². The zero-order valence-electron chi connectivity index (χ0n) is 12.5.